The Kier molecular flexibility index (Phi) is 5.37. The van der Waals surface area contributed by atoms with Gasteiger partial charge in [0, 0.05) is 30.2 Å². The predicted octanol–water partition coefficient (Wildman–Crippen LogP) is 4.00. The highest BCUT2D eigenvalue weighted by Gasteiger charge is 2.27. The SMILES string of the molecule is CC(c1ccc(Cl)cc1)N(C)S(=O)(=O)c1ccc2c(c1)NC(=O)CCC2. The Morgan fingerprint density at radius 2 is 1.81 bits per heavy atom. The molecule has 5 nitrogen and oxygen atoms in total. The molecule has 1 unspecified atom stereocenters. The molecule has 1 aliphatic heterocycles. The van der Waals surface area contributed by atoms with Crippen LogP contribution in [0.1, 0.15) is 36.9 Å². The van der Waals surface area contributed by atoms with E-state index in [1.807, 2.05) is 19.1 Å². The number of amides is 1. The van der Waals surface area contributed by atoms with Crippen molar-refractivity contribution in [3.63, 3.8) is 0 Å². The van der Waals surface area contributed by atoms with Gasteiger partial charge in [0.15, 0.2) is 0 Å². The molecule has 2 aromatic rings. The Balaban J connectivity index is 1.92. The standard InChI is InChI=1S/C19H21ClN2O3S/c1-13(14-6-9-16(20)10-7-14)22(2)26(24,25)17-11-8-15-4-3-5-19(23)21-18(15)12-17/h6-13H,3-5H2,1-2H3,(H,21,23). The van der Waals surface area contributed by atoms with Crippen LogP contribution in [0.4, 0.5) is 5.69 Å². The third-order valence-electron chi connectivity index (χ3n) is 4.78. The second-order valence-corrected chi connectivity index (χ2v) is 8.90. The van der Waals surface area contributed by atoms with E-state index in [0.717, 1.165) is 24.0 Å². The summed E-state index contributed by atoms with van der Waals surface area (Å²) >= 11 is 5.91. The number of sulfonamides is 1. The Bertz CT molecular complexity index is 926. The quantitative estimate of drug-likeness (QED) is 0.855. The number of benzene rings is 2. The molecule has 0 aromatic heterocycles. The van der Waals surface area contributed by atoms with E-state index in [1.165, 1.54) is 4.31 Å². The van der Waals surface area contributed by atoms with Crippen LogP contribution in [-0.2, 0) is 21.2 Å². The summed E-state index contributed by atoms with van der Waals surface area (Å²) < 4.78 is 27.4. The van der Waals surface area contributed by atoms with Crippen LogP contribution in [0, 0.1) is 0 Å². The van der Waals surface area contributed by atoms with Gasteiger partial charge >= 0.3 is 0 Å². The molecule has 1 atom stereocenters. The molecule has 0 bridgehead atoms. The van der Waals surface area contributed by atoms with E-state index >= 15 is 0 Å². The lowest BCUT2D eigenvalue weighted by Crippen LogP contribution is -2.30. The third kappa shape index (κ3) is 3.77. The summed E-state index contributed by atoms with van der Waals surface area (Å²) in [6.45, 7) is 1.83. The lowest BCUT2D eigenvalue weighted by atomic mass is 10.1. The molecule has 0 saturated heterocycles. The summed E-state index contributed by atoms with van der Waals surface area (Å²) in [6, 6.07) is 11.7. The van der Waals surface area contributed by atoms with E-state index in [2.05, 4.69) is 5.32 Å². The molecule has 26 heavy (non-hydrogen) atoms. The Morgan fingerprint density at radius 1 is 1.12 bits per heavy atom. The number of fused-ring (bicyclic) bond motifs is 1. The average Bonchev–Trinajstić information content (AvgIpc) is 2.80. The van der Waals surface area contributed by atoms with Crippen LogP contribution in [0.25, 0.3) is 0 Å². The molecule has 2 aromatic carbocycles. The third-order valence-corrected chi connectivity index (χ3v) is 6.96. The molecule has 0 fully saturated rings. The van der Waals surface area contributed by atoms with Gasteiger partial charge in [-0.25, -0.2) is 8.42 Å². The fourth-order valence-corrected chi connectivity index (χ4v) is 4.53. The first kappa shape index (κ1) is 18.9. The van der Waals surface area contributed by atoms with Gasteiger partial charge in [0.05, 0.1) is 4.90 Å². The maximum absolute atomic E-state index is 13.1. The van der Waals surface area contributed by atoms with Gasteiger partial charge in [-0.1, -0.05) is 29.8 Å². The molecule has 0 aliphatic carbocycles. The highest BCUT2D eigenvalue weighted by molar-refractivity contribution is 7.89. The van der Waals surface area contributed by atoms with Crippen molar-refractivity contribution in [3.05, 3.63) is 58.6 Å². The first-order valence-corrected chi connectivity index (χ1v) is 10.3. The molecule has 0 spiro atoms. The molecule has 1 N–H and O–H groups in total. The second-order valence-electron chi connectivity index (χ2n) is 6.47. The van der Waals surface area contributed by atoms with Crippen molar-refractivity contribution in [2.75, 3.05) is 12.4 Å². The van der Waals surface area contributed by atoms with E-state index in [4.69, 9.17) is 11.6 Å². The number of hydrogen-bond acceptors (Lipinski definition) is 3. The van der Waals surface area contributed by atoms with E-state index in [-0.39, 0.29) is 16.8 Å². The topological polar surface area (TPSA) is 66.5 Å². The highest BCUT2D eigenvalue weighted by Crippen LogP contribution is 2.30. The van der Waals surface area contributed by atoms with E-state index in [1.54, 1.807) is 37.4 Å². The summed E-state index contributed by atoms with van der Waals surface area (Å²) in [5.74, 6) is -0.0822. The summed E-state index contributed by atoms with van der Waals surface area (Å²) in [5, 5.41) is 3.41. The molecule has 3 rings (SSSR count). The van der Waals surface area contributed by atoms with E-state index in [9.17, 15) is 13.2 Å². The number of nitrogens with zero attached hydrogens (tertiary/aromatic N) is 1. The van der Waals surface area contributed by atoms with Crippen molar-refractivity contribution in [1.29, 1.82) is 0 Å². The van der Waals surface area contributed by atoms with Crippen LogP contribution in [0.15, 0.2) is 47.4 Å². The maximum atomic E-state index is 13.1. The lowest BCUT2D eigenvalue weighted by Gasteiger charge is -2.25. The zero-order valence-corrected chi connectivity index (χ0v) is 16.3. The number of hydrogen-bond donors (Lipinski definition) is 1. The van der Waals surface area contributed by atoms with E-state index in [0.29, 0.717) is 17.1 Å². The predicted molar refractivity (Wildman–Crippen MR) is 103 cm³/mol. The number of carbonyl (C=O) groups excluding carboxylic acids is 1. The number of rotatable bonds is 4. The minimum absolute atomic E-state index is 0.0822. The minimum atomic E-state index is -3.71. The van der Waals surface area contributed by atoms with Crippen molar-refractivity contribution in [2.45, 2.75) is 37.1 Å². The van der Waals surface area contributed by atoms with Gasteiger partial charge in [-0.3, -0.25) is 4.79 Å². The fourth-order valence-electron chi connectivity index (χ4n) is 3.03. The normalized spacial score (nSPS) is 15.9. The fraction of sp³-hybridized carbons (Fsp3) is 0.316. The Labute approximate surface area is 159 Å². The number of halogens is 1. The van der Waals surface area contributed by atoms with Crippen molar-refractivity contribution < 1.29 is 13.2 Å². The molecule has 138 valence electrons. The highest BCUT2D eigenvalue weighted by atomic mass is 35.5. The van der Waals surface area contributed by atoms with Crippen LogP contribution in [0.2, 0.25) is 5.02 Å². The first-order valence-electron chi connectivity index (χ1n) is 8.45. The van der Waals surface area contributed by atoms with Gasteiger partial charge < -0.3 is 5.32 Å². The molecular weight excluding hydrogens is 372 g/mol. The Morgan fingerprint density at radius 3 is 2.50 bits per heavy atom. The van der Waals surface area contributed by atoms with Crippen LogP contribution in [0.5, 0.6) is 0 Å². The second kappa shape index (κ2) is 7.39. The molecule has 7 heteroatoms. The van der Waals surface area contributed by atoms with Gasteiger partial charge in [-0.15, -0.1) is 0 Å². The number of anilines is 1. The summed E-state index contributed by atoms with van der Waals surface area (Å²) in [4.78, 5) is 11.9. The number of aryl methyl sites for hydroxylation is 1. The number of nitrogens with one attached hydrogen (secondary N) is 1. The average molecular weight is 393 g/mol. The number of carbonyl (C=O) groups is 1. The van der Waals surface area contributed by atoms with Crippen LogP contribution < -0.4 is 5.32 Å². The van der Waals surface area contributed by atoms with E-state index < -0.39 is 10.0 Å². The van der Waals surface area contributed by atoms with Crippen LogP contribution >= 0.6 is 11.6 Å². The monoisotopic (exact) mass is 392 g/mol. The molecule has 0 saturated carbocycles. The zero-order valence-electron chi connectivity index (χ0n) is 14.7. The van der Waals surface area contributed by atoms with Gasteiger partial charge in [0.25, 0.3) is 0 Å². The van der Waals surface area contributed by atoms with Gasteiger partial charge in [0.2, 0.25) is 15.9 Å². The van der Waals surface area contributed by atoms with Gasteiger partial charge in [-0.2, -0.15) is 4.31 Å². The summed E-state index contributed by atoms with van der Waals surface area (Å²) in [7, 11) is -2.16. The van der Waals surface area contributed by atoms with Crippen LogP contribution in [-0.4, -0.2) is 25.7 Å². The van der Waals surface area contributed by atoms with Gasteiger partial charge in [-0.05, 0) is 55.2 Å². The smallest absolute Gasteiger partial charge is 0.243 e. The molecular formula is C19H21ClN2O3S. The van der Waals surface area contributed by atoms with Crippen molar-refractivity contribution >= 4 is 33.2 Å². The molecule has 1 aliphatic rings. The molecule has 0 radical (unpaired) electrons. The minimum Gasteiger partial charge on any atom is -0.326 e. The van der Waals surface area contributed by atoms with Crippen molar-refractivity contribution in [3.8, 4) is 0 Å². The Hall–Kier alpha value is -1.89. The maximum Gasteiger partial charge on any atom is 0.243 e. The van der Waals surface area contributed by atoms with Crippen molar-refractivity contribution in [1.82, 2.24) is 4.31 Å². The zero-order chi connectivity index (χ0) is 18.9. The summed E-state index contributed by atoms with van der Waals surface area (Å²) in [6.07, 6.45) is 1.97. The van der Waals surface area contributed by atoms with Gasteiger partial charge in [0.1, 0.15) is 0 Å². The lowest BCUT2D eigenvalue weighted by molar-refractivity contribution is -0.116. The summed E-state index contributed by atoms with van der Waals surface area (Å²) in [5.41, 5.74) is 2.40. The molecule has 1 heterocycles. The largest absolute Gasteiger partial charge is 0.326 e. The van der Waals surface area contributed by atoms with Crippen molar-refractivity contribution in [2.24, 2.45) is 0 Å². The molecule has 1 amide bonds. The first-order chi connectivity index (χ1) is 12.3. The van der Waals surface area contributed by atoms with Crippen LogP contribution in [0.3, 0.4) is 0 Å².